The van der Waals surface area contributed by atoms with Crippen LogP contribution in [-0.4, -0.2) is 43.0 Å². The molecule has 0 radical (unpaired) electrons. The van der Waals surface area contributed by atoms with E-state index in [0.717, 1.165) is 44.5 Å². The summed E-state index contributed by atoms with van der Waals surface area (Å²) in [6.45, 7) is 2.43. The Bertz CT molecular complexity index is 579. The molecule has 1 heterocycles. The number of amides is 1. The molecule has 1 saturated heterocycles. The number of benzene rings is 1. The summed E-state index contributed by atoms with van der Waals surface area (Å²) >= 11 is 0. The zero-order valence-corrected chi connectivity index (χ0v) is 14.3. The van der Waals surface area contributed by atoms with Crippen LogP contribution in [-0.2, 0) is 16.1 Å². The van der Waals surface area contributed by atoms with Gasteiger partial charge in [-0.2, -0.15) is 0 Å². The first-order valence-corrected chi connectivity index (χ1v) is 8.87. The smallest absolute Gasteiger partial charge is 0.337 e. The van der Waals surface area contributed by atoms with Gasteiger partial charge in [0.25, 0.3) is 0 Å². The van der Waals surface area contributed by atoms with Gasteiger partial charge in [-0.3, -0.25) is 4.79 Å². The second kappa shape index (κ2) is 7.79. The average molecular weight is 330 g/mol. The third-order valence-corrected chi connectivity index (χ3v) is 5.17. The minimum atomic E-state index is -0.314. The Morgan fingerprint density at radius 2 is 1.88 bits per heavy atom. The van der Waals surface area contributed by atoms with Gasteiger partial charge in [-0.25, -0.2) is 4.79 Å². The van der Waals surface area contributed by atoms with E-state index in [4.69, 9.17) is 4.74 Å². The van der Waals surface area contributed by atoms with Gasteiger partial charge in [0.2, 0.25) is 5.91 Å². The molecule has 1 N–H and O–H groups in total. The van der Waals surface area contributed by atoms with Crippen LogP contribution in [0, 0.1) is 5.92 Å². The predicted molar refractivity (Wildman–Crippen MR) is 91.6 cm³/mol. The molecule has 130 valence electrons. The third kappa shape index (κ3) is 3.96. The van der Waals surface area contributed by atoms with Gasteiger partial charge in [0.05, 0.1) is 12.7 Å². The van der Waals surface area contributed by atoms with Crippen molar-refractivity contribution in [2.24, 2.45) is 5.92 Å². The van der Waals surface area contributed by atoms with Gasteiger partial charge in [-0.1, -0.05) is 25.0 Å². The molecule has 5 nitrogen and oxygen atoms in total. The van der Waals surface area contributed by atoms with E-state index in [1.807, 2.05) is 17.0 Å². The number of carbonyl (C=O) groups excluding carboxylic acids is 2. The Morgan fingerprint density at radius 1 is 1.17 bits per heavy atom. The predicted octanol–water partition coefficient (Wildman–Crippen LogP) is 2.35. The minimum absolute atomic E-state index is 0.273. The Hall–Kier alpha value is -1.88. The summed E-state index contributed by atoms with van der Waals surface area (Å²) in [5, 5.41) is 3.53. The van der Waals surface area contributed by atoms with Crippen LogP contribution in [0.25, 0.3) is 0 Å². The van der Waals surface area contributed by atoms with E-state index in [9.17, 15) is 9.59 Å². The highest BCUT2D eigenvalue weighted by atomic mass is 16.5. The number of hydrogen-bond donors (Lipinski definition) is 1. The molecular weight excluding hydrogens is 304 g/mol. The first-order chi connectivity index (χ1) is 11.7. The van der Waals surface area contributed by atoms with Gasteiger partial charge < -0.3 is 15.0 Å². The van der Waals surface area contributed by atoms with Crippen molar-refractivity contribution in [2.45, 2.75) is 44.7 Å². The summed E-state index contributed by atoms with van der Waals surface area (Å²) in [5.74, 6) is 0.320. The van der Waals surface area contributed by atoms with Gasteiger partial charge in [0.1, 0.15) is 0 Å². The van der Waals surface area contributed by atoms with Crippen LogP contribution < -0.4 is 5.32 Å². The molecule has 3 rings (SSSR count). The van der Waals surface area contributed by atoms with Crippen LogP contribution in [0.1, 0.15) is 48.0 Å². The van der Waals surface area contributed by atoms with Crippen LogP contribution in [0.4, 0.5) is 0 Å². The maximum Gasteiger partial charge on any atom is 0.337 e. The Morgan fingerprint density at radius 3 is 2.54 bits per heavy atom. The molecule has 1 aromatic rings. The molecule has 0 bridgehead atoms. The highest BCUT2D eigenvalue weighted by Crippen LogP contribution is 2.27. The molecule has 1 amide bonds. The molecule has 1 aliphatic heterocycles. The summed E-state index contributed by atoms with van der Waals surface area (Å²) in [6, 6.07) is 7.81. The number of hydrogen-bond acceptors (Lipinski definition) is 4. The number of ether oxygens (including phenoxy) is 1. The van der Waals surface area contributed by atoms with Crippen molar-refractivity contribution < 1.29 is 14.3 Å². The lowest BCUT2D eigenvalue weighted by Gasteiger charge is -2.20. The molecule has 24 heavy (non-hydrogen) atoms. The fourth-order valence-electron chi connectivity index (χ4n) is 3.70. The zero-order valence-electron chi connectivity index (χ0n) is 14.3. The second-order valence-corrected chi connectivity index (χ2v) is 6.82. The van der Waals surface area contributed by atoms with Crippen molar-refractivity contribution in [3.05, 3.63) is 35.4 Å². The highest BCUT2D eigenvalue weighted by Gasteiger charge is 2.31. The molecule has 0 aromatic heterocycles. The fraction of sp³-hybridized carbons (Fsp3) is 0.579. The molecule has 1 saturated carbocycles. The average Bonchev–Trinajstić information content (AvgIpc) is 3.31. The Kier molecular flexibility index (Phi) is 5.51. The molecule has 2 fully saturated rings. The molecule has 1 aromatic carbocycles. The van der Waals surface area contributed by atoms with Crippen molar-refractivity contribution in [1.82, 2.24) is 10.2 Å². The van der Waals surface area contributed by atoms with Crippen LogP contribution >= 0.6 is 0 Å². The maximum absolute atomic E-state index is 12.5. The maximum atomic E-state index is 12.5. The zero-order chi connectivity index (χ0) is 16.9. The van der Waals surface area contributed by atoms with Crippen LogP contribution in [0.15, 0.2) is 24.3 Å². The van der Waals surface area contributed by atoms with Crippen molar-refractivity contribution in [2.75, 3.05) is 20.2 Å². The van der Waals surface area contributed by atoms with Gasteiger partial charge in [-0.15, -0.1) is 0 Å². The van der Waals surface area contributed by atoms with Crippen LogP contribution in [0.2, 0.25) is 0 Å². The first-order valence-electron chi connectivity index (χ1n) is 8.87. The highest BCUT2D eigenvalue weighted by molar-refractivity contribution is 5.89. The van der Waals surface area contributed by atoms with E-state index in [0.29, 0.717) is 17.5 Å². The summed E-state index contributed by atoms with van der Waals surface area (Å²) in [6.07, 6.45) is 5.56. The number of methoxy groups -OCH3 is 1. The molecule has 1 atom stereocenters. The standard InChI is InChI=1S/C19H26N2O3/c1-24-19(23)16-8-6-14(7-9-16)12-20-17-10-11-21(13-17)18(22)15-4-2-3-5-15/h6-9,15,17,20H,2-5,10-13H2,1H3/t17-/m1/s1. The first kappa shape index (κ1) is 17.0. The number of nitrogens with one attached hydrogen (secondary N) is 1. The summed E-state index contributed by atoms with van der Waals surface area (Å²) in [5.41, 5.74) is 1.69. The number of rotatable bonds is 5. The number of nitrogens with zero attached hydrogens (tertiary/aromatic N) is 1. The molecule has 0 spiro atoms. The van der Waals surface area contributed by atoms with Crippen molar-refractivity contribution in [1.29, 1.82) is 0 Å². The number of esters is 1. The molecule has 1 aliphatic carbocycles. The van der Waals surface area contributed by atoms with Crippen LogP contribution in [0.5, 0.6) is 0 Å². The molecular formula is C19H26N2O3. The SMILES string of the molecule is COC(=O)c1ccc(CN[C@@H]2CCN(C(=O)C3CCCC3)C2)cc1. The minimum Gasteiger partial charge on any atom is -0.465 e. The van der Waals surface area contributed by atoms with Gasteiger partial charge in [0, 0.05) is 31.6 Å². The number of carbonyl (C=O) groups is 2. The van der Waals surface area contributed by atoms with E-state index in [1.54, 1.807) is 12.1 Å². The molecule has 5 heteroatoms. The third-order valence-electron chi connectivity index (χ3n) is 5.17. The van der Waals surface area contributed by atoms with E-state index in [-0.39, 0.29) is 11.9 Å². The quantitative estimate of drug-likeness (QED) is 0.842. The van der Waals surface area contributed by atoms with E-state index in [2.05, 4.69) is 5.32 Å². The second-order valence-electron chi connectivity index (χ2n) is 6.82. The lowest BCUT2D eigenvalue weighted by Crippen LogP contribution is -2.37. The lowest BCUT2D eigenvalue weighted by atomic mass is 10.1. The van der Waals surface area contributed by atoms with Gasteiger partial charge in [-0.05, 0) is 37.0 Å². The summed E-state index contributed by atoms with van der Waals surface area (Å²) < 4.78 is 4.70. The normalized spacial score (nSPS) is 21.2. The van der Waals surface area contributed by atoms with Crippen molar-refractivity contribution in [3.63, 3.8) is 0 Å². The summed E-state index contributed by atoms with van der Waals surface area (Å²) in [4.78, 5) is 25.9. The Labute approximate surface area is 143 Å². The van der Waals surface area contributed by atoms with Gasteiger partial charge >= 0.3 is 5.97 Å². The number of likely N-dealkylation sites (tertiary alicyclic amines) is 1. The topological polar surface area (TPSA) is 58.6 Å². The fourth-order valence-corrected chi connectivity index (χ4v) is 3.70. The van der Waals surface area contributed by atoms with Crippen molar-refractivity contribution in [3.8, 4) is 0 Å². The van der Waals surface area contributed by atoms with Crippen LogP contribution in [0.3, 0.4) is 0 Å². The Balaban J connectivity index is 1.45. The largest absolute Gasteiger partial charge is 0.465 e. The van der Waals surface area contributed by atoms with Crippen molar-refractivity contribution >= 4 is 11.9 Å². The monoisotopic (exact) mass is 330 g/mol. The molecule has 0 unspecified atom stereocenters. The summed E-state index contributed by atoms with van der Waals surface area (Å²) in [7, 11) is 1.39. The van der Waals surface area contributed by atoms with Gasteiger partial charge in [0.15, 0.2) is 0 Å². The molecule has 2 aliphatic rings. The van der Waals surface area contributed by atoms with E-state index < -0.39 is 0 Å². The van der Waals surface area contributed by atoms with E-state index in [1.165, 1.54) is 20.0 Å². The lowest BCUT2D eigenvalue weighted by molar-refractivity contribution is -0.134. The van der Waals surface area contributed by atoms with E-state index >= 15 is 0 Å².